The van der Waals surface area contributed by atoms with Crippen LogP contribution in [-0.4, -0.2) is 25.1 Å². The summed E-state index contributed by atoms with van der Waals surface area (Å²) in [6, 6.07) is 9.99. The fourth-order valence-corrected chi connectivity index (χ4v) is 1.98. The molecule has 1 amide bonds. The third-order valence-corrected chi connectivity index (χ3v) is 3.32. The van der Waals surface area contributed by atoms with Crippen molar-refractivity contribution in [1.29, 1.82) is 5.26 Å². The van der Waals surface area contributed by atoms with Crippen molar-refractivity contribution in [3.05, 3.63) is 53.3 Å². The molecular weight excluding hydrogens is 344 g/mol. The van der Waals surface area contributed by atoms with Gasteiger partial charge in [0, 0.05) is 24.2 Å². The lowest BCUT2D eigenvalue weighted by atomic mass is 10.2. The Morgan fingerprint density at radius 3 is 2.60 bits per heavy atom. The van der Waals surface area contributed by atoms with Gasteiger partial charge in [0.05, 0.1) is 19.2 Å². The molecule has 2 rings (SSSR count). The Morgan fingerprint density at radius 1 is 1.24 bits per heavy atom. The van der Waals surface area contributed by atoms with Crippen LogP contribution in [0.3, 0.4) is 0 Å². The predicted octanol–water partition coefficient (Wildman–Crippen LogP) is 3.21. The van der Waals surface area contributed by atoms with Crippen molar-refractivity contribution in [1.82, 2.24) is 4.98 Å². The van der Waals surface area contributed by atoms with Crippen molar-refractivity contribution < 1.29 is 14.3 Å². The highest BCUT2D eigenvalue weighted by Gasteiger charge is 2.11. The third-order valence-electron chi connectivity index (χ3n) is 3.10. The van der Waals surface area contributed by atoms with Gasteiger partial charge >= 0.3 is 0 Å². The number of methoxy groups -OCH3 is 2. The molecule has 7 nitrogen and oxygen atoms in total. The number of pyridine rings is 1. The lowest BCUT2D eigenvalue weighted by Crippen LogP contribution is -2.14. The van der Waals surface area contributed by atoms with Gasteiger partial charge in [0.25, 0.3) is 5.91 Å². The molecule has 0 aliphatic rings. The second-order valence-electron chi connectivity index (χ2n) is 4.70. The van der Waals surface area contributed by atoms with E-state index < -0.39 is 5.91 Å². The van der Waals surface area contributed by atoms with Crippen LogP contribution in [0.25, 0.3) is 0 Å². The van der Waals surface area contributed by atoms with Crippen LogP contribution < -0.4 is 20.1 Å². The number of ether oxygens (including phenoxy) is 2. The van der Waals surface area contributed by atoms with Crippen molar-refractivity contribution in [2.24, 2.45) is 0 Å². The van der Waals surface area contributed by atoms with Gasteiger partial charge in [-0.25, -0.2) is 4.98 Å². The molecule has 0 bridgehead atoms. The summed E-state index contributed by atoms with van der Waals surface area (Å²) in [5, 5.41) is 15.0. The van der Waals surface area contributed by atoms with E-state index in [9.17, 15) is 10.1 Å². The van der Waals surface area contributed by atoms with Gasteiger partial charge in [-0.2, -0.15) is 5.26 Å². The highest BCUT2D eigenvalue weighted by Crippen LogP contribution is 2.29. The van der Waals surface area contributed by atoms with Crippen LogP contribution in [0.1, 0.15) is 0 Å². The monoisotopic (exact) mass is 358 g/mol. The maximum absolute atomic E-state index is 12.2. The van der Waals surface area contributed by atoms with Crippen molar-refractivity contribution >= 4 is 29.0 Å². The fraction of sp³-hybridized carbons (Fsp3) is 0.118. The van der Waals surface area contributed by atoms with Crippen LogP contribution in [0.5, 0.6) is 11.5 Å². The van der Waals surface area contributed by atoms with Gasteiger partial charge in [-0.15, -0.1) is 0 Å². The molecule has 8 heteroatoms. The number of amides is 1. The zero-order chi connectivity index (χ0) is 18.2. The van der Waals surface area contributed by atoms with Gasteiger partial charge in [0.2, 0.25) is 0 Å². The molecule has 25 heavy (non-hydrogen) atoms. The van der Waals surface area contributed by atoms with E-state index in [0.717, 1.165) is 0 Å². The molecule has 2 N–H and O–H groups in total. The van der Waals surface area contributed by atoms with E-state index in [1.165, 1.54) is 26.6 Å². The van der Waals surface area contributed by atoms with Gasteiger partial charge in [-0.1, -0.05) is 11.6 Å². The number of aromatic nitrogens is 1. The fourth-order valence-electron chi connectivity index (χ4n) is 1.87. The average Bonchev–Trinajstić information content (AvgIpc) is 2.63. The number of hydrogen-bond donors (Lipinski definition) is 2. The molecule has 0 aliphatic heterocycles. The number of carbonyl (C=O) groups is 1. The Hall–Kier alpha value is -3.24. The third kappa shape index (κ3) is 4.86. The van der Waals surface area contributed by atoms with Crippen LogP contribution in [-0.2, 0) is 4.79 Å². The molecule has 0 atom stereocenters. The van der Waals surface area contributed by atoms with Crippen molar-refractivity contribution in [2.45, 2.75) is 0 Å². The summed E-state index contributed by atoms with van der Waals surface area (Å²) in [6.07, 6.45) is 2.72. The number of nitriles is 1. The smallest absolute Gasteiger partial charge is 0.267 e. The minimum atomic E-state index is -0.573. The number of nitrogens with zero attached hydrogens (tertiary/aromatic N) is 2. The first-order valence-corrected chi connectivity index (χ1v) is 7.47. The highest BCUT2D eigenvalue weighted by molar-refractivity contribution is 6.30. The average molecular weight is 359 g/mol. The van der Waals surface area contributed by atoms with E-state index in [1.807, 2.05) is 6.07 Å². The van der Waals surface area contributed by atoms with Gasteiger partial charge in [0.1, 0.15) is 17.5 Å². The maximum atomic E-state index is 12.2. The Balaban J connectivity index is 2.10. The number of anilines is 2. The second-order valence-corrected chi connectivity index (χ2v) is 5.14. The van der Waals surface area contributed by atoms with Crippen molar-refractivity contribution in [2.75, 3.05) is 24.9 Å². The molecular formula is C17H15ClN4O3. The van der Waals surface area contributed by atoms with E-state index in [1.54, 1.807) is 30.3 Å². The first-order valence-electron chi connectivity index (χ1n) is 7.09. The van der Waals surface area contributed by atoms with Crippen molar-refractivity contribution in [3.63, 3.8) is 0 Å². The van der Waals surface area contributed by atoms with Gasteiger partial charge < -0.3 is 20.1 Å². The molecule has 0 saturated heterocycles. The maximum Gasteiger partial charge on any atom is 0.267 e. The number of benzene rings is 1. The molecule has 0 radical (unpaired) electrons. The molecule has 1 aromatic carbocycles. The number of hydrogen-bond acceptors (Lipinski definition) is 6. The molecule has 0 aliphatic carbocycles. The molecule has 0 saturated carbocycles. The Kier molecular flexibility index (Phi) is 6.20. The van der Waals surface area contributed by atoms with Crippen LogP contribution >= 0.6 is 11.6 Å². The zero-order valence-electron chi connectivity index (χ0n) is 13.5. The largest absolute Gasteiger partial charge is 0.493 e. The quantitative estimate of drug-likeness (QED) is 0.608. The Bertz CT molecular complexity index is 829. The van der Waals surface area contributed by atoms with E-state index in [-0.39, 0.29) is 5.57 Å². The number of nitrogens with one attached hydrogen (secondary N) is 2. The van der Waals surface area contributed by atoms with E-state index >= 15 is 0 Å². The first-order chi connectivity index (χ1) is 12.1. The molecule has 0 unspecified atom stereocenters. The van der Waals surface area contributed by atoms with Gasteiger partial charge in [-0.3, -0.25) is 4.79 Å². The minimum Gasteiger partial charge on any atom is -0.493 e. The van der Waals surface area contributed by atoms with Crippen LogP contribution in [0.2, 0.25) is 5.02 Å². The molecule has 128 valence electrons. The molecule has 1 heterocycles. The van der Waals surface area contributed by atoms with E-state index in [4.69, 9.17) is 21.1 Å². The summed E-state index contributed by atoms with van der Waals surface area (Å²) in [7, 11) is 3.01. The molecule has 0 spiro atoms. The second kappa shape index (κ2) is 8.57. The first kappa shape index (κ1) is 18.1. The minimum absolute atomic E-state index is 0.119. The topological polar surface area (TPSA) is 96.3 Å². The normalized spacial score (nSPS) is 10.6. The summed E-state index contributed by atoms with van der Waals surface area (Å²) >= 11 is 5.75. The lowest BCUT2D eigenvalue weighted by molar-refractivity contribution is -0.112. The number of carbonyl (C=O) groups excluding carboxylic acids is 1. The Morgan fingerprint density at radius 2 is 2.00 bits per heavy atom. The van der Waals surface area contributed by atoms with Crippen LogP contribution in [0, 0.1) is 11.3 Å². The standard InChI is InChI=1S/C17H15ClN4O3/c1-24-14-5-4-13(7-15(14)25-2)22-17(23)11(8-19)9-20-16-6-3-12(18)10-21-16/h3-7,9-10H,1-2H3,(H,20,21)(H,22,23)/b11-9-. The zero-order valence-corrected chi connectivity index (χ0v) is 14.3. The number of rotatable bonds is 6. The summed E-state index contributed by atoms with van der Waals surface area (Å²) in [6.45, 7) is 0. The lowest BCUT2D eigenvalue weighted by Gasteiger charge is -2.10. The Labute approximate surface area is 149 Å². The van der Waals surface area contributed by atoms with E-state index in [0.29, 0.717) is 28.0 Å². The van der Waals surface area contributed by atoms with Gasteiger partial charge in [-0.05, 0) is 24.3 Å². The molecule has 2 aromatic rings. The molecule has 1 aromatic heterocycles. The summed E-state index contributed by atoms with van der Waals surface area (Å²) in [5.74, 6) is 0.880. The van der Waals surface area contributed by atoms with Gasteiger partial charge in [0.15, 0.2) is 11.5 Å². The predicted molar refractivity (Wildman–Crippen MR) is 94.7 cm³/mol. The highest BCUT2D eigenvalue weighted by atomic mass is 35.5. The molecule has 0 fully saturated rings. The van der Waals surface area contributed by atoms with E-state index in [2.05, 4.69) is 15.6 Å². The van der Waals surface area contributed by atoms with Crippen LogP contribution in [0.15, 0.2) is 48.3 Å². The van der Waals surface area contributed by atoms with Crippen molar-refractivity contribution in [3.8, 4) is 17.6 Å². The number of halogens is 1. The SMILES string of the molecule is COc1ccc(NC(=O)/C(C#N)=C\Nc2ccc(Cl)cn2)cc1OC. The summed E-state index contributed by atoms with van der Waals surface area (Å²) in [4.78, 5) is 16.2. The summed E-state index contributed by atoms with van der Waals surface area (Å²) in [5.41, 5.74) is 0.347. The van der Waals surface area contributed by atoms with Crippen LogP contribution in [0.4, 0.5) is 11.5 Å². The summed E-state index contributed by atoms with van der Waals surface area (Å²) < 4.78 is 10.3.